The number of rotatable bonds is 0. The van der Waals surface area contributed by atoms with Gasteiger partial charge in [0.25, 0.3) is 5.56 Å². The zero-order chi connectivity index (χ0) is 7.84. The van der Waals surface area contributed by atoms with Crippen LogP contribution in [0.2, 0.25) is 0 Å². The topological polar surface area (TPSA) is 102 Å². The monoisotopic (exact) mass is 152 g/mol. The fourth-order valence-corrected chi connectivity index (χ4v) is 0.778. The third-order valence-corrected chi connectivity index (χ3v) is 1.21. The number of aromatic nitrogens is 5. The SMILES string of the molecule is Nn1nc2ncnc-2c(=O)[nH]1. The molecule has 0 aliphatic carbocycles. The zero-order valence-electron chi connectivity index (χ0n) is 5.35. The number of nitrogen functional groups attached to an aromatic ring is 1. The summed E-state index contributed by atoms with van der Waals surface area (Å²) in [6, 6.07) is 0. The number of imidazole rings is 1. The van der Waals surface area contributed by atoms with Crippen LogP contribution in [0.15, 0.2) is 11.1 Å². The Morgan fingerprint density at radius 1 is 1.55 bits per heavy atom. The average Bonchev–Trinajstić information content (AvgIpc) is 2.34. The molecule has 0 spiro atoms. The summed E-state index contributed by atoms with van der Waals surface area (Å²) in [4.78, 5) is 19.1. The number of nitrogens with zero attached hydrogens (tertiary/aromatic N) is 4. The molecule has 0 aromatic carbocycles. The van der Waals surface area contributed by atoms with Crippen LogP contribution in [0, 0.1) is 0 Å². The van der Waals surface area contributed by atoms with Gasteiger partial charge in [-0.05, 0) is 0 Å². The minimum absolute atomic E-state index is 0.201. The number of nitrogens with two attached hydrogens (primary N) is 1. The summed E-state index contributed by atoms with van der Waals surface area (Å²) in [6.07, 6.45) is 1.26. The Hall–Kier alpha value is -1.92. The van der Waals surface area contributed by atoms with Crippen molar-refractivity contribution in [3.05, 3.63) is 16.7 Å². The van der Waals surface area contributed by atoms with Gasteiger partial charge in [0, 0.05) is 0 Å². The molecule has 7 heteroatoms. The van der Waals surface area contributed by atoms with Gasteiger partial charge in [0.15, 0.2) is 5.69 Å². The minimum Gasteiger partial charge on any atom is -0.308 e. The van der Waals surface area contributed by atoms with E-state index in [9.17, 15) is 4.79 Å². The first-order chi connectivity index (χ1) is 5.27. The van der Waals surface area contributed by atoms with Crippen LogP contribution in [0.5, 0.6) is 0 Å². The summed E-state index contributed by atoms with van der Waals surface area (Å²) < 4.78 is 0. The van der Waals surface area contributed by atoms with Gasteiger partial charge >= 0.3 is 0 Å². The molecule has 11 heavy (non-hydrogen) atoms. The normalized spacial score (nSPS) is 10.5. The molecule has 0 radical (unpaired) electrons. The number of hydrogen-bond acceptors (Lipinski definition) is 5. The predicted molar refractivity (Wildman–Crippen MR) is 35.2 cm³/mol. The van der Waals surface area contributed by atoms with Crippen LogP contribution in [0.4, 0.5) is 0 Å². The van der Waals surface area contributed by atoms with Crippen LogP contribution in [-0.4, -0.2) is 25.1 Å². The van der Waals surface area contributed by atoms with E-state index in [1.54, 1.807) is 0 Å². The van der Waals surface area contributed by atoms with Crippen LogP contribution >= 0.6 is 0 Å². The maximum Gasteiger partial charge on any atom is 0.295 e. The summed E-state index contributed by atoms with van der Waals surface area (Å²) in [5, 5.41) is 5.89. The van der Waals surface area contributed by atoms with Gasteiger partial charge in [-0.1, -0.05) is 0 Å². The van der Waals surface area contributed by atoms with E-state index >= 15 is 0 Å². The van der Waals surface area contributed by atoms with Crippen LogP contribution in [0.1, 0.15) is 0 Å². The Morgan fingerprint density at radius 2 is 2.36 bits per heavy atom. The first-order valence-electron chi connectivity index (χ1n) is 2.82. The van der Waals surface area contributed by atoms with E-state index in [1.807, 2.05) is 0 Å². The van der Waals surface area contributed by atoms with Crippen LogP contribution in [0.3, 0.4) is 0 Å². The summed E-state index contributed by atoms with van der Waals surface area (Å²) in [5.41, 5.74) is -0.193. The Bertz CT molecular complexity index is 402. The zero-order valence-corrected chi connectivity index (χ0v) is 5.35. The molecule has 0 fully saturated rings. The summed E-state index contributed by atoms with van der Waals surface area (Å²) >= 11 is 0. The highest BCUT2D eigenvalue weighted by molar-refractivity contribution is 5.46. The molecule has 0 atom stereocenters. The number of fused-ring (bicyclic) bond motifs is 1. The van der Waals surface area contributed by atoms with Crippen LogP contribution < -0.4 is 11.4 Å². The van der Waals surface area contributed by atoms with Gasteiger partial charge in [0.1, 0.15) is 6.33 Å². The number of nitrogens with one attached hydrogen (secondary N) is 1. The molecule has 0 aromatic rings. The highest BCUT2D eigenvalue weighted by Crippen LogP contribution is 2.03. The van der Waals surface area contributed by atoms with E-state index in [0.717, 1.165) is 4.91 Å². The molecular formula is C4H4N6O. The molecule has 2 heterocycles. The van der Waals surface area contributed by atoms with E-state index in [2.05, 4.69) is 20.2 Å². The molecule has 0 saturated carbocycles. The van der Waals surface area contributed by atoms with E-state index in [4.69, 9.17) is 5.84 Å². The highest BCUT2D eigenvalue weighted by Gasteiger charge is 2.11. The second-order valence-electron chi connectivity index (χ2n) is 1.93. The predicted octanol–water partition coefficient (Wildman–Crippen LogP) is -1.82. The fourth-order valence-electron chi connectivity index (χ4n) is 0.778. The van der Waals surface area contributed by atoms with Crippen molar-refractivity contribution in [3.8, 4) is 11.5 Å². The van der Waals surface area contributed by atoms with Crippen molar-refractivity contribution in [3.63, 3.8) is 0 Å². The van der Waals surface area contributed by atoms with Gasteiger partial charge in [-0.2, -0.15) is 0 Å². The molecule has 0 amide bonds. The number of aromatic amines is 1. The van der Waals surface area contributed by atoms with E-state index in [0.29, 0.717) is 0 Å². The van der Waals surface area contributed by atoms with Crippen LogP contribution in [0.25, 0.3) is 11.5 Å². The second kappa shape index (κ2) is 1.78. The van der Waals surface area contributed by atoms with Crippen molar-refractivity contribution < 1.29 is 0 Å². The van der Waals surface area contributed by atoms with Crippen molar-refractivity contribution in [1.29, 1.82) is 0 Å². The van der Waals surface area contributed by atoms with Crippen LogP contribution in [-0.2, 0) is 0 Å². The van der Waals surface area contributed by atoms with Gasteiger partial charge in [-0.3, -0.25) is 4.79 Å². The maximum absolute atomic E-state index is 11.0. The first-order valence-corrected chi connectivity index (χ1v) is 2.82. The Morgan fingerprint density at radius 3 is 3.18 bits per heavy atom. The molecule has 3 N–H and O–H groups in total. The third-order valence-electron chi connectivity index (χ3n) is 1.21. The minimum atomic E-state index is -0.394. The molecule has 2 aliphatic heterocycles. The average molecular weight is 152 g/mol. The number of hydrogen-bond donors (Lipinski definition) is 2. The van der Waals surface area contributed by atoms with Crippen molar-refractivity contribution in [2.24, 2.45) is 0 Å². The second-order valence-corrected chi connectivity index (χ2v) is 1.93. The molecule has 0 aromatic heterocycles. The van der Waals surface area contributed by atoms with Crippen molar-refractivity contribution >= 4 is 0 Å². The van der Waals surface area contributed by atoms with E-state index < -0.39 is 5.56 Å². The lowest BCUT2D eigenvalue weighted by Crippen LogP contribution is -2.27. The number of H-pyrrole nitrogens is 1. The highest BCUT2D eigenvalue weighted by atomic mass is 16.1. The molecule has 2 aliphatic rings. The quantitative estimate of drug-likeness (QED) is 0.432. The molecule has 0 unspecified atom stereocenters. The van der Waals surface area contributed by atoms with Gasteiger partial charge < -0.3 is 5.84 Å². The molecule has 0 bridgehead atoms. The van der Waals surface area contributed by atoms with E-state index in [-0.39, 0.29) is 11.5 Å². The molecule has 0 saturated heterocycles. The lowest BCUT2D eigenvalue weighted by Gasteiger charge is -1.96. The van der Waals surface area contributed by atoms with Crippen molar-refractivity contribution in [1.82, 2.24) is 25.1 Å². The molecule has 56 valence electrons. The largest absolute Gasteiger partial charge is 0.308 e. The smallest absolute Gasteiger partial charge is 0.295 e. The Balaban J connectivity index is 2.90. The maximum atomic E-state index is 11.0. The summed E-state index contributed by atoms with van der Waals surface area (Å²) in [5.74, 6) is 5.41. The Kier molecular flexibility index (Phi) is 0.945. The first kappa shape index (κ1) is 5.83. The van der Waals surface area contributed by atoms with Gasteiger partial charge in [0.2, 0.25) is 5.82 Å². The van der Waals surface area contributed by atoms with E-state index in [1.165, 1.54) is 6.33 Å². The molecule has 2 rings (SSSR count). The summed E-state index contributed by atoms with van der Waals surface area (Å²) in [6.45, 7) is 0. The van der Waals surface area contributed by atoms with Gasteiger partial charge in [-0.15, -0.1) is 10.0 Å². The lowest BCUT2D eigenvalue weighted by molar-refractivity contribution is 0.647. The summed E-state index contributed by atoms with van der Waals surface area (Å²) in [7, 11) is 0. The van der Waals surface area contributed by atoms with Gasteiger partial charge in [0.05, 0.1) is 0 Å². The van der Waals surface area contributed by atoms with Crippen molar-refractivity contribution in [2.45, 2.75) is 0 Å². The molecular weight excluding hydrogens is 148 g/mol. The fraction of sp³-hybridized carbons (Fsp3) is 0. The van der Waals surface area contributed by atoms with Gasteiger partial charge in [-0.25, -0.2) is 15.1 Å². The molecule has 7 nitrogen and oxygen atoms in total. The standard InChI is InChI=1S/C4H4N6O/c5-10-8-3-2(4(11)9-10)6-1-7-3/h1H,5H2,(H,9,11). The third kappa shape index (κ3) is 0.741. The van der Waals surface area contributed by atoms with Crippen molar-refractivity contribution in [2.75, 3.05) is 5.84 Å². The lowest BCUT2D eigenvalue weighted by atomic mass is 10.4. The Labute approximate surface area is 60.2 Å².